The van der Waals surface area contributed by atoms with Crippen molar-refractivity contribution in [3.63, 3.8) is 0 Å². The Hall–Kier alpha value is -2.81. The monoisotopic (exact) mass is 495 g/mol. The summed E-state index contributed by atoms with van der Waals surface area (Å²) in [5.74, 6) is -0.172. The van der Waals surface area contributed by atoms with Crippen LogP contribution in [-0.2, 0) is 21.3 Å². The lowest BCUT2D eigenvalue weighted by atomic mass is 9.97. The van der Waals surface area contributed by atoms with Crippen LogP contribution in [0, 0.1) is 19.8 Å². The number of para-hydroxylation sites is 1. The summed E-state index contributed by atoms with van der Waals surface area (Å²) in [5.41, 5.74) is 4.00. The van der Waals surface area contributed by atoms with E-state index >= 15 is 0 Å². The van der Waals surface area contributed by atoms with Crippen molar-refractivity contribution in [3.8, 4) is 0 Å². The molecule has 2 heterocycles. The lowest BCUT2D eigenvalue weighted by molar-refractivity contribution is 0.0521. The normalized spacial score (nSPS) is 16.9. The van der Waals surface area contributed by atoms with Crippen LogP contribution in [0.2, 0.25) is 0 Å². The first-order valence-electron chi connectivity index (χ1n) is 12.1. The molecule has 0 bridgehead atoms. The van der Waals surface area contributed by atoms with Crippen molar-refractivity contribution in [1.29, 1.82) is 0 Å². The number of pyridine rings is 1. The Bertz CT molecular complexity index is 1310. The number of aryl methyl sites for hydroxylation is 2. The first-order chi connectivity index (χ1) is 16.8. The van der Waals surface area contributed by atoms with E-state index < -0.39 is 10.0 Å². The molecule has 1 aromatic heterocycles. The lowest BCUT2D eigenvalue weighted by Gasteiger charge is -2.33. The Labute approximate surface area is 207 Å². The second-order valence-electron chi connectivity index (χ2n) is 9.20. The molecule has 186 valence electrons. The molecule has 35 heavy (non-hydrogen) atoms. The minimum Gasteiger partial charge on any atom is -0.462 e. The number of esters is 1. The average Bonchev–Trinajstić information content (AvgIpc) is 2.84. The fourth-order valence-electron chi connectivity index (χ4n) is 4.73. The zero-order valence-electron chi connectivity index (χ0n) is 20.6. The van der Waals surface area contributed by atoms with Gasteiger partial charge in [0.1, 0.15) is 0 Å². The Morgan fingerprint density at radius 2 is 1.89 bits per heavy atom. The minimum absolute atomic E-state index is 0.177. The molecular weight excluding hydrogens is 462 g/mol. The molecule has 1 fully saturated rings. The lowest BCUT2D eigenvalue weighted by Crippen LogP contribution is -2.41. The summed E-state index contributed by atoms with van der Waals surface area (Å²) in [6.45, 7) is 8.47. The highest BCUT2D eigenvalue weighted by Crippen LogP contribution is 2.26. The molecule has 0 amide bonds. The first-order valence-corrected chi connectivity index (χ1v) is 13.6. The van der Waals surface area contributed by atoms with E-state index in [1.807, 2.05) is 38.1 Å². The summed E-state index contributed by atoms with van der Waals surface area (Å²) < 4.78 is 33.6. The fourth-order valence-corrected chi connectivity index (χ4v) is 5.85. The third-order valence-electron chi connectivity index (χ3n) is 6.58. The number of carbonyl (C=O) groups excluding carboxylic acids is 1. The van der Waals surface area contributed by atoms with Crippen molar-refractivity contribution in [2.24, 2.45) is 5.92 Å². The van der Waals surface area contributed by atoms with E-state index in [4.69, 9.17) is 9.72 Å². The van der Waals surface area contributed by atoms with Gasteiger partial charge in [-0.15, -0.1) is 0 Å². The fraction of sp³-hybridized carbons (Fsp3) is 0.407. The van der Waals surface area contributed by atoms with Crippen LogP contribution in [-0.4, -0.2) is 50.5 Å². The molecule has 1 N–H and O–H groups in total. The Morgan fingerprint density at radius 1 is 1.14 bits per heavy atom. The van der Waals surface area contributed by atoms with Crippen molar-refractivity contribution in [2.45, 2.75) is 45.1 Å². The van der Waals surface area contributed by atoms with Gasteiger partial charge in [0.2, 0.25) is 10.0 Å². The van der Waals surface area contributed by atoms with E-state index in [2.05, 4.69) is 9.62 Å². The second kappa shape index (κ2) is 10.8. The molecule has 1 atom stereocenters. The molecular formula is C27H33N3O4S. The number of hydrogen-bond acceptors (Lipinski definition) is 6. The SMILES string of the molecule is CCOC(=O)c1c(CN2CCCC(CNS(=O)(=O)c3ccc(C)cc3)C2)nc2ccccc2c1C. The van der Waals surface area contributed by atoms with Crippen LogP contribution >= 0.6 is 0 Å². The number of nitrogens with one attached hydrogen (secondary N) is 1. The van der Waals surface area contributed by atoms with E-state index in [9.17, 15) is 13.2 Å². The van der Waals surface area contributed by atoms with Crippen LogP contribution in [0.15, 0.2) is 53.4 Å². The zero-order chi connectivity index (χ0) is 25.0. The van der Waals surface area contributed by atoms with E-state index in [-0.39, 0.29) is 16.8 Å². The largest absolute Gasteiger partial charge is 0.462 e. The summed E-state index contributed by atoms with van der Waals surface area (Å²) in [6.07, 6.45) is 1.90. The molecule has 3 aromatic rings. The molecule has 0 radical (unpaired) electrons. The molecule has 4 rings (SSSR count). The second-order valence-corrected chi connectivity index (χ2v) is 11.0. The van der Waals surface area contributed by atoms with Crippen molar-refractivity contribution in [3.05, 3.63) is 70.9 Å². The highest BCUT2D eigenvalue weighted by molar-refractivity contribution is 7.89. The van der Waals surface area contributed by atoms with Gasteiger partial charge in [0.25, 0.3) is 0 Å². The topological polar surface area (TPSA) is 88.6 Å². The molecule has 0 aliphatic carbocycles. The number of sulfonamides is 1. The average molecular weight is 496 g/mol. The smallest absolute Gasteiger partial charge is 0.340 e. The molecule has 7 nitrogen and oxygen atoms in total. The van der Waals surface area contributed by atoms with Gasteiger partial charge in [-0.1, -0.05) is 35.9 Å². The molecule has 0 spiro atoms. The number of aromatic nitrogens is 1. The van der Waals surface area contributed by atoms with Gasteiger partial charge >= 0.3 is 5.97 Å². The van der Waals surface area contributed by atoms with Gasteiger partial charge in [-0.2, -0.15) is 0 Å². The maximum absolute atomic E-state index is 12.8. The maximum Gasteiger partial charge on any atom is 0.340 e. The summed E-state index contributed by atoms with van der Waals surface area (Å²) >= 11 is 0. The van der Waals surface area contributed by atoms with Gasteiger partial charge < -0.3 is 4.74 Å². The highest BCUT2D eigenvalue weighted by atomic mass is 32.2. The quantitative estimate of drug-likeness (QED) is 0.471. The van der Waals surface area contributed by atoms with Crippen LogP contribution < -0.4 is 4.72 Å². The number of piperidine rings is 1. The van der Waals surface area contributed by atoms with Gasteiger partial charge in [0, 0.05) is 25.0 Å². The van der Waals surface area contributed by atoms with E-state index in [0.29, 0.717) is 31.0 Å². The first kappa shape index (κ1) is 25.3. The van der Waals surface area contributed by atoms with Crippen LogP contribution in [0.25, 0.3) is 10.9 Å². The van der Waals surface area contributed by atoms with Gasteiger partial charge in [-0.25, -0.2) is 17.9 Å². The predicted octanol–water partition coefficient (Wildman–Crippen LogP) is 4.22. The van der Waals surface area contributed by atoms with Crippen molar-refractivity contribution >= 4 is 26.9 Å². The summed E-state index contributed by atoms with van der Waals surface area (Å²) in [5, 5.41) is 0.946. The maximum atomic E-state index is 12.8. The number of rotatable bonds is 8. The van der Waals surface area contributed by atoms with Crippen LogP contribution in [0.5, 0.6) is 0 Å². The van der Waals surface area contributed by atoms with E-state index in [1.165, 1.54) is 0 Å². The van der Waals surface area contributed by atoms with Crippen molar-refractivity contribution in [2.75, 3.05) is 26.2 Å². The Kier molecular flexibility index (Phi) is 7.84. The molecule has 1 unspecified atom stereocenters. The molecule has 2 aromatic carbocycles. The number of hydrogen-bond donors (Lipinski definition) is 1. The van der Waals surface area contributed by atoms with Crippen molar-refractivity contribution in [1.82, 2.24) is 14.6 Å². The number of ether oxygens (including phenoxy) is 1. The van der Waals surface area contributed by atoms with E-state index in [1.54, 1.807) is 31.2 Å². The third-order valence-corrected chi connectivity index (χ3v) is 8.02. The van der Waals surface area contributed by atoms with Crippen LogP contribution in [0.3, 0.4) is 0 Å². The van der Waals surface area contributed by atoms with Crippen LogP contribution in [0.1, 0.15) is 46.9 Å². The standard InChI is InChI=1S/C27H33N3O4S/c1-4-34-27(31)26-20(3)23-9-5-6-10-24(23)29-25(26)18-30-15-7-8-21(17-30)16-28-35(32,33)22-13-11-19(2)12-14-22/h5-6,9-14,21,28H,4,7-8,15-18H2,1-3H3. The third kappa shape index (κ3) is 5.89. The molecule has 1 aliphatic rings. The van der Waals surface area contributed by atoms with Crippen molar-refractivity contribution < 1.29 is 17.9 Å². The molecule has 8 heteroatoms. The number of likely N-dealkylation sites (tertiary alicyclic amines) is 1. The minimum atomic E-state index is -3.55. The van der Waals surface area contributed by atoms with Gasteiger partial charge in [0.15, 0.2) is 0 Å². The number of nitrogens with zero attached hydrogens (tertiary/aromatic N) is 2. The molecule has 1 saturated heterocycles. The number of fused-ring (bicyclic) bond motifs is 1. The summed E-state index contributed by atoms with van der Waals surface area (Å²) in [7, 11) is -3.55. The summed E-state index contributed by atoms with van der Waals surface area (Å²) in [6, 6.07) is 14.7. The van der Waals surface area contributed by atoms with Gasteiger partial charge in [-0.3, -0.25) is 9.88 Å². The van der Waals surface area contributed by atoms with Gasteiger partial charge in [0.05, 0.1) is 28.3 Å². The molecule has 0 saturated carbocycles. The zero-order valence-corrected chi connectivity index (χ0v) is 21.4. The number of carbonyl (C=O) groups is 1. The highest BCUT2D eigenvalue weighted by Gasteiger charge is 2.26. The number of benzene rings is 2. The van der Waals surface area contributed by atoms with E-state index in [0.717, 1.165) is 48.0 Å². The Balaban J connectivity index is 1.49. The predicted molar refractivity (Wildman–Crippen MR) is 137 cm³/mol. The van der Waals surface area contributed by atoms with Gasteiger partial charge in [-0.05, 0) is 69.8 Å². The molecule has 1 aliphatic heterocycles. The summed E-state index contributed by atoms with van der Waals surface area (Å²) in [4.78, 5) is 20.2. The van der Waals surface area contributed by atoms with Crippen LogP contribution in [0.4, 0.5) is 0 Å². The Morgan fingerprint density at radius 3 is 2.63 bits per heavy atom.